The Morgan fingerprint density at radius 3 is 1.98 bits per heavy atom. The summed E-state index contributed by atoms with van der Waals surface area (Å²) >= 11 is 6.96. The number of carbonyl (C=O) groups is 2. The Morgan fingerprint density at radius 1 is 0.975 bits per heavy atom. The van der Waals surface area contributed by atoms with Gasteiger partial charge in [0.05, 0.1) is 24.0 Å². The summed E-state index contributed by atoms with van der Waals surface area (Å²) < 4.78 is 43.7. The molecule has 1 aliphatic rings. The fourth-order valence-corrected chi connectivity index (χ4v) is 6.51. The summed E-state index contributed by atoms with van der Waals surface area (Å²) in [6.45, 7) is 2.27. The first-order chi connectivity index (χ1) is 18.9. The summed E-state index contributed by atoms with van der Waals surface area (Å²) in [4.78, 5) is 26.7. The third-order valence-electron chi connectivity index (χ3n) is 6.70. The van der Waals surface area contributed by atoms with E-state index in [0.717, 1.165) is 38.5 Å². The standard InChI is InChI=1S/C28H29Br2FN4O4S/c1-17(27(36)32-2)33-28(37)20-12-23(31)14-24(13-20)35(40(3,38)39)25-15-34(16-25)26(18-4-8-21(29)9-5-18)19-6-10-22(30)11-7-19/h4-14,17,25-26H,15-16H2,1-3H3,(H,32,36)(H,33,37). The zero-order valence-corrected chi connectivity index (χ0v) is 26.1. The van der Waals surface area contributed by atoms with Crippen molar-refractivity contribution in [3.8, 4) is 0 Å². The van der Waals surface area contributed by atoms with Gasteiger partial charge >= 0.3 is 0 Å². The fourth-order valence-electron chi connectivity index (χ4n) is 4.82. The summed E-state index contributed by atoms with van der Waals surface area (Å²) in [6.07, 6.45) is 1.06. The molecule has 2 N–H and O–H groups in total. The van der Waals surface area contributed by atoms with E-state index < -0.39 is 39.7 Å². The zero-order chi connectivity index (χ0) is 29.2. The summed E-state index contributed by atoms with van der Waals surface area (Å²) in [5, 5.41) is 4.93. The zero-order valence-electron chi connectivity index (χ0n) is 22.1. The largest absolute Gasteiger partial charge is 0.357 e. The normalized spacial score (nSPS) is 14.9. The van der Waals surface area contributed by atoms with Gasteiger partial charge in [-0.3, -0.25) is 18.8 Å². The third-order valence-corrected chi connectivity index (χ3v) is 8.98. The molecule has 1 aliphatic heterocycles. The summed E-state index contributed by atoms with van der Waals surface area (Å²) in [6, 6.07) is 17.9. The molecule has 0 bridgehead atoms. The molecule has 0 aromatic heterocycles. The average Bonchev–Trinajstić information content (AvgIpc) is 2.87. The third kappa shape index (κ3) is 6.91. The maximum atomic E-state index is 14.7. The van der Waals surface area contributed by atoms with Crippen LogP contribution >= 0.6 is 31.9 Å². The van der Waals surface area contributed by atoms with Crippen molar-refractivity contribution in [1.29, 1.82) is 0 Å². The highest BCUT2D eigenvalue weighted by Gasteiger charge is 2.41. The first-order valence-electron chi connectivity index (χ1n) is 12.4. The highest BCUT2D eigenvalue weighted by Crippen LogP contribution is 2.37. The van der Waals surface area contributed by atoms with Crippen LogP contribution in [0.15, 0.2) is 75.7 Å². The molecule has 4 rings (SSSR count). The summed E-state index contributed by atoms with van der Waals surface area (Å²) in [7, 11) is -2.40. The number of likely N-dealkylation sites (N-methyl/N-ethyl adjacent to an activating group) is 1. The van der Waals surface area contributed by atoms with Gasteiger partial charge in [-0.15, -0.1) is 0 Å². The van der Waals surface area contributed by atoms with Gasteiger partial charge in [-0.2, -0.15) is 0 Å². The molecule has 0 saturated carbocycles. The SMILES string of the molecule is CNC(=O)C(C)NC(=O)c1cc(F)cc(N(C2CN(C(c3ccc(Br)cc3)c3ccc(Br)cc3)C2)S(C)(=O)=O)c1. The molecule has 1 saturated heterocycles. The van der Waals surface area contributed by atoms with E-state index in [0.29, 0.717) is 13.1 Å². The smallest absolute Gasteiger partial charge is 0.252 e. The molecular formula is C28H29Br2FN4O4S. The summed E-state index contributed by atoms with van der Waals surface area (Å²) in [5.74, 6) is -1.86. The Balaban J connectivity index is 1.62. The quantitative estimate of drug-likeness (QED) is 0.345. The number of benzene rings is 3. The molecule has 40 heavy (non-hydrogen) atoms. The van der Waals surface area contributed by atoms with Crippen LogP contribution in [0.3, 0.4) is 0 Å². The van der Waals surface area contributed by atoms with Gasteiger partial charge in [-0.1, -0.05) is 56.1 Å². The molecule has 0 spiro atoms. The second-order valence-corrected chi connectivity index (χ2v) is 13.4. The van der Waals surface area contributed by atoms with Crippen LogP contribution in [0.2, 0.25) is 0 Å². The van der Waals surface area contributed by atoms with Gasteiger partial charge in [0, 0.05) is 34.6 Å². The number of sulfonamides is 1. The number of likely N-dealkylation sites (tertiary alicyclic amines) is 1. The monoisotopic (exact) mass is 694 g/mol. The lowest BCUT2D eigenvalue weighted by atomic mass is 9.93. The number of rotatable bonds is 9. The minimum absolute atomic E-state index is 0.0497. The number of hydrogen-bond donors (Lipinski definition) is 2. The minimum atomic E-state index is -3.84. The molecule has 1 atom stereocenters. The molecule has 1 fully saturated rings. The Kier molecular flexibility index (Phi) is 9.33. The molecule has 3 aromatic carbocycles. The maximum absolute atomic E-state index is 14.7. The van der Waals surface area contributed by atoms with Crippen LogP contribution in [0.25, 0.3) is 0 Å². The van der Waals surface area contributed by atoms with Crippen LogP contribution in [0.1, 0.15) is 34.5 Å². The molecule has 1 unspecified atom stereocenters. The molecule has 2 amide bonds. The van der Waals surface area contributed by atoms with Gasteiger partial charge < -0.3 is 10.6 Å². The molecule has 0 radical (unpaired) electrons. The molecule has 212 valence electrons. The lowest BCUT2D eigenvalue weighted by molar-refractivity contribution is -0.122. The topological polar surface area (TPSA) is 98.8 Å². The number of nitrogens with zero attached hydrogens (tertiary/aromatic N) is 2. The minimum Gasteiger partial charge on any atom is -0.357 e. The van der Waals surface area contributed by atoms with Gasteiger partial charge in [0.1, 0.15) is 11.9 Å². The number of nitrogens with one attached hydrogen (secondary N) is 2. The van der Waals surface area contributed by atoms with Gasteiger partial charge in [0.2, 0.25) is 15.9 Å². The van der Waals surface area contributed by atoms with Crippen molar-refractivity contribution in [1.82, 2.24) is 15.5 Å². The second kappa shape index (κ2) is 12.4. The van der Waals surface area contributed by atoms with Crippen molar-refractivity contribution < 1.29 is 22.4 Å². The predicted molar refractivity (Wildman–Crippen MR) is 160 cm³/mol. The van der Waals surface area contributed by atoms with E-state index in [1.165, 1.54) is 24.3 Å². The predicted octanol–water partition coefficient (Wildman–Crippen LogP) is 4.45. The van der Waals surface area contributed by atoms with E-state index >= 15 is 0 Å². The Morgan fingerprint density at radius 2 is 1.50 bits per heavy atom. The lowest BCUT2D eigenvalue weighted by Gasteiger charge is -2.48. The molecule has 1 heterocycles. The Labute approximate surface area is 250 Å². The molecular weight excluding hydrogens is 667 g/mol. The van der Waals surface area contributed by atoms with Crippen molar-refractivity contribution in [2.75, 3.05) is 30.7 Å². The number of hydrogen-bond acceptors (Lipinski definition) is 5. The van der Waals surface area contributed by atoms with Crippen LogP contribution in [-0.2, 0) is 14.8 Å². The van der Waals surface area contributed by atoms with Gasteiger partial charge in [0.25, 0.3) is 5.91 Å². The number of amides is 2. The van der Waals surface area contributed by atoms with Crippen molar-refractivity contribution >= 4 is 59.4 Å². The maximum Gasteiger partial charge on any atom is 0.252 e. The van der Waals surface area contributed by atoms with Crippen LogP contribution in [0.5, 0.6) is 0 Å². The highest BCUT2D eigenvalue weighted by molar-refractivity contribution is 9.10. The highest BCUT2D eigenvalue weighted by atomic mass is 79.9. The molecule has 3 aromatic rings. The first kappa shape index (κ1) is 30.2. The van der Waals surface area contributed by atoms with Gasteiger partial charge in [0.15, 0.2) is 0 Å². The van der Waals surface area contributed by atoms with Crippen molar-refractivity contribution in [3.05, 3.63) is 98.2 Å². The number of anilines is 1. The van der Waals surface area contributed by atoms with E-state index in [9.17, 15) is 22.4 Å². The first-order valence-corrected chi connectivity index (χ1v) is 15.9. The van der Waals surface area contributed by atoms with Crippen LogP contribution in [0.4, 0.5) is 10.1 Å². The number of carbonyl (C=O) groups excluding carboxylic acids is 2. The van der Waals surface area contributed by atoms with Crippen molar-refractivity contribution in [2.24, 2.45) is 0 Å². The molecule has 12 heteroatoms. The Hall–Kier alpha value is -2.80. The van der Waals surface area contributed by atoms with E-state index in [-0.39, 0.29) is 17.3 Å². The second-order valence-electron chi connectivity index (χ2n) is 9.68. The van der Waals surface area contributed by atoms with Gasteiger partial charge in [-0.05, 0) is 60.5 Å². The van der Waals surface area contributed by atoms with E-state index in [1.54, 1.807) is 0 Å². The molecule has 0 aliphatic carbocycles. The van der Waals surface area contributed by atoms with E-state index in [2.05, 4.69) is 47.4 Å². The Bertz CT molecular complexity index is 1450. The lowest BCUT2D eigenvalue weighted by Crippen LogP contribution is -2.61. The molecule has 8 nitrogen and oxygen atoms in total. The average molecular weight is 696 g/mol. The van der Waals surface area contributed by atoms with Gasteiger partial charge in [-0.25, -0.2) is 12.8 Å². The van der Waals surface area contributed by atoms with Crippen LogP contribution < -0.4 is 14.9 Å². The van der Waals surface area contributed by atoms with Crippen LogP contribution in [-0.4, -0.2) is 63.6 Å². The van der Waals surface area contributed by atoms with E-state index in [4.69, 9.17) is 0 Å². The fraction of sp³-hybridized carbons (Fsp3) is 0.286. The van der Waals surface area contributed by atoms with Crippen molar-refractivity contribution in [3.63, 3.8) is 0 Å². The van der Waals surface area contributed by atoms with Crippen molar-refractivity contribution in [2.45, 2.75) is 25.0 Å². The van der Waals surface area contributed by atoms with Crippen LogP contribution in [0, 0.1) is 5.82 Å². The summed E-state index contributed by atoms with van der Waals surface area (Å²) in [5.41, 5.74) is 2.06. The van der Waals surface area contributed by atoms with E-state index in [1.807, 2.05) is 48.5 Å². The number of halogens is 3.